The number of aliphatic hydroxyl groups excluding tert-OH is 1. The Bertz CT molecular complexity index is 169. The topological polar surface area (TPSA) is 20.2 Å². The van der Waals surface area contributed by atoms with Crippen LogP contribution in [0.1, 0.15) is 20.3 Å². The van der Waals surface area contributed by atoms with E-state index in [2.05, 4.69) is 0 Å². The predicted molar refractivity (Wildman–Crippen MR) is 49.8 cm³/mol. The summed E-state index contributed by atoms with van der Waals surface area (Å²) in [5.41, 5.74) is 2.13. The highest BCUT2D eigenvalue weighted by molar-refractivity contribution is 6.29. The van der Waals surface area contributed by atoms with Gasteiger partial charge in [0.1, 0.15) is 0 Å². The quantitative estimate of drug-likeness (QED) is 0.733. The van der Waals surface area contributed by atoms with Crippen molar-refractivity contribution in [2.45, 2.75) is 26.4 Å². The van der Waals surface area contributed by atoms with Gasteiger partial charge >= 0.3 is 0 Å². The minimum Gasteiger partial charge on any atom is -0.388 e. The number of allylic oxidation sites excluding steroid dienone is 1. The molecule has 0 aliphatic carbocycles. The van der Waals surface area contributed by atoms with Gasteiger partial charge in [0.05, 0.1) is 6.10 Å². The molecule has 0 radical (unpaired) electrons. The van der Waals surface area contributed by atoms with E-state index in [4.69, 9.17) is 23.2 Å². The molecule has 0 aliphatic rings. The summed E-state index contributed by atoms with van der Waals surface area (Å²) in [6, 6.07) is 0. The van der Waals surface area contributed by atoms with Crippen LogP contribution in [0.2, 0.25) is 0 Å². The molecule has 0 heterocycles. The summed E-state index contributed by atoms with van der Waals surface area (Å²) in [5.74, 6) is 0. The Morgan fingerprint density at radius 3 is 2.45 bits per heavy atom. The van der Waals surface area contributed by atoms with Crippen LogP contribution in [0, 0.1) is 0 Å². The molecule has 1 N–H and O–H groups in total. The number of halogens is 2. The fourth-order valence-electron chi connectivity index (χ4n) is 0.533. The van der Waals surface area contributed by atoms with Gasteiger partial charge in [-0.1, -0.05) is 29.3 Å². The first-order valence-electron chi connectivity index (χ1n) is 3.35. The van der Waals surface area contributed by atoms with E-state index in [1.807, 2.05) is 0 Å². The van der Waals surface area contributed by atoms with Crippen molar-refractivity contribution in [3.63, 3.8) is 0 Å². The van der Waals surface area contributed by atoms with Crippen LogP contribution in [0.5, 0.6) is 0 Å². The van der Waals surface area contributed by atoms with E-state index in [1.54, 1.807) is 19.9 Å². The Labute approximate surface area is 77.3 Å². The first-order chi connectivity index (χ1) is 5.07. The fourth-order valence-corrected chi connectivity index (χ4v) is 0.767. The Hall–Kier alpha value is 0.0200. The Kier molecular flexibility index (Phi) is 5.65. The molecule has 0 amide bonds. The third-order valence-corrected chi connectivity index (χ3v) is 1.82. The molecule has 11 heavy (non-hydrogen) atoms. The summed E-state index contributed by atoms with van der Waals surface area (Å²) in [7, 11) is 0. The lowest BCUT2D eigenvalue weighted by molar-refractivity contribution is 0.214. The van der Waals surface area contributed by atoms with Crippen LogP contribution < -0.4 is 0 Å². The van der Waals surface area contributed by atoms with E-state index in [0.717, 1.165) is 5.57 Å². The first-order valence-corrected chi connectivity index (χ1v) is 4.16. The summed E-state index contributed by atoms with van der Waals surface area (Å²) < 4.78 is 0. The highest BCUT2D eigenvalue weighted by Gasteiger charge is 2.02. The normalized spacial score (nSPS) is 16.8. The number of rotatable bonds is 3. The van der Waals surface area contributed by atoms with Gasteiger partial charge in [-0.25, -0.2) is 0 Å². The predicted octanol–water partition coefficient (Wildman–Crippen LogP) is 3.02. The van der Waals surface area contributed by atoms with Crippen LogP contribution in [-0.4, -0.2) is 11.2 Å². The number of hydrogen-bond donors (Lipinski definition) is 1. The van der Waals surface area contributed by atoms with Crippen LogP contribution in [0.3, 0.4) is 0 Å². The fraction of sp³-hybridized carbons (Fsp3) is 0.500. The van der Waals surface area contributed by atoms with E-state index in [-0.39, 0.29) is 0 Å². The second kappa shape index (κ2) is 5.64. The van der Waals surface area contributed by atoms with Crippen molar-refractivity contribution in [1.29, 1.82) is 0 Å². The lowest BCUT2D eigenvalue weighted by atomic mass is 10.1. The zero-order valence-electron chi connectivity index (χ0n) is 6.64. The van der Waals surface area contributed by atoms with E-state index < -0.39 is 6.10 Å². The van der Waals surface area contributed by atoms with Crippen LogP contribution in [0.15, 0.2) is 22.2 Å². The second-order valence-electron chi connectivity index (χ2n) is 2.40. The van der Waals surface area contributed by atoms with Gasteiger partial charge in [0.2, 0.25) is 0 Å². The third-order valence-electron chi connectivity index (χ3n) is 1.32. The summed E-state index contributed by atoms with van der Waals surface area (Å²) in [6.07, 6.45) is 1.77. The van der Waals surface area contributed by atoms with Crippen molar-refractivity contribution in [2.24, 2.45) is 0 Å². The van der Waals surface area contributed by atoms with Gasteiger partial charge in [-0.2, -0.15) is 0 Å². The number of hydrogen-bond acceptors (Lipinski definition) is 1. The lowest BCUT2D eigenvalue weighted by Crippen LogP contribution is -2.05. The van der Waals surface area contributed by atoms with Crippen LogP contribution >= 0.6 is 23.2 Å². The third kappa shape index (κ3) is 5.31. The monoisotopic (exact) mass is 194 g/mol. The van der Waals surface area contributed by atoms with E-state index in [0.29, 0.717) is 11.5 Å². The molecule has 0 fully saturated rings. The molecule has 3 heteroatoms. The molecular weight excluding hydrogens is 183 g/mol. The molecule has 0 bridgehead atoms. The molecular formula is C8H12Cl2O. The van der Waals surface area contributed by atoms with Gasteiger partial charge in [-0.3, -0.25) is 0 Å². The van der Waals surface area contributed by atoms with Crippen molar-refractivity contribution in [3.05, 3.63) is 22.2 Å². The van der Waals surface area contributed by atoms with Crippen LogP contribution in [0.25, 0.3) is 0 Å². The molecule has 1 atom stereocenters. The van der Waals surface area contributed by atoms with Gasteiger partial charge in [0.25, 0.3) is 0 Å². The van der Waals surface area contributed by atoms with Crippen molar-refractivity contribution in [2.75, 3.05) is 0 Å². The smallest absolute Gasteiger partial charge is 0.0793 e. The van der Waals surface area contributed by atoms with Crippen molar-refractivity contribution < 1.29 is 5.11 Å². The molecule has 0 aromatic rings. The van der Waals surface area contributed by atoms with E-state index in [9.17, 15) is 5.11 Å². The minimum atomic E-state index is -0.513. The Morgan fingerprint density at radius 1 is 1.55 bits per heavy atom. The Morgan fingerprint density at radius 2 is 2.09 bits per heavy atom. The standard InChI is InChI=1S/C8H12Cl2O/c1-6(5-9)8(11)4-3-7(2)10/h3,5,8,11H,4H2,1-2H3/b6-5+,7-3-/t8-/m1/s1. The van der Waals surface area contributed by atoms with Gasteiger partial charge in [0, 0.05) is 10.6 Å². The highest BCUT2D eigenvalue weighted by Crippen LogP contribution is 2.10. The second-order valence-corrected chi connectivity index (χ2v) is 3.21. The highest BCUT2D eigenvalue weighted by atomic mass is 35.5. The van der Waals surface area contributed by atoms with Gasteiger partial charge < -0.3 is 5.11 Å². The number of aliphatic hydroxyl groups is 1. The maximum absolute atomic E-state index is 9.31. The summed E-state index contributed by atoms with van der Waals surface area (Å²) in [5, 5.41) is 10.00. The zero-order valence-corrected chi connectivity index (χ0v) is 8.15. The molecule has 0 unspecified atom stereocenters. The van der Waals surface area contributed by atoms with Crippen molar-refractivity contribution in [3.8, 4) is 0 Å². The lowest BCUT2D eigenvalue weighted by Gasteiger charge is -2.06. The van der Waals surface area contributed by atoms with Crippen molar-refractivity contribution in [1.82, 2.24) is 0 Å². The van der Waals surface area contributed by atoms with Gasteiger partial charge in [-0.15, -0.1) is 0 Å². The zero-order chi connectivity index (χ0) is 8.85. The molecule has 0 aromatic carbocycles. The van der Waals surface area contributed by atoms with Gasteiger partial charge in [-0.05, 0) is 25.8 Å². The molecule has 0 spiro atoms. The minimum absolute atomic E-state index is 0.513. The Balaban J connectivity index is 3.88. The molecule has 64 valence electrons. The first kappa shape index (κ1) is 11.0. The van der Waals surface area contributed by atoms with E-state index in [1.165, 1.54) is 5.54 Å². The average Bonchev–Trinajstić information content (AvgIpc) is 1.98. The summed E-state index contributed by atoms with van der Waals surface area (Å²) in [4.78, 5) is 0. The SMILES string of the molecule is C/C(Cl)=C/C[C@@H](O)/C(C)=C/Cl. The average molecular weight is 195 g/mol. The molecule has 0 saturated carbocycles. The molecule has 0 saturated heterocycles. The maximum atomic E-state index is 9.31. The summed E-state index contributed by atoms with van der Waals surface area (Å²) in [6.45, 7) is 3.54. The van der Waals surface area contributed by atoms with Crippen molar-refractivity contribution >= 4 is 23.2 Å². The van der Waals surface area contributed by atoms with Crippen LogP contribution in [-0.2, 0) is 0 Å². The van der Waals surface area contributed by atoms with Crippen LogP contribution in [0.4, 0.5) is 0 Å². The largest absolute Gasteiger partial charge is 0.388 e. The maximum Gasteiger partial charge on any atom is 0.0793 e. The van der Waals surface area contributed by atoms with E-state index >= 15 is 0 Å². The molecule has 1 nitrogen and oxygen atoms in total. The summed E-state index contributed by atoms with van der Waals surface area (Å²) >= 11 is 11.0. The molecule has 0 rings (SSSR count). The van der Waals surface area contributed by atoms with Gasteiger partial charge in [0.15, 0.2) is 0 Å². The molecule has 0 aliphatic heterocycles. The molecule has 0 aromatic heterocycles.